The predicted octanol–water partition coefficient (Wildman–Crippen LogP) is 4.96. The Kier molecular flexibility index (Phi) is 4.37. The smallest absolute Gasteiger partial charge is 0.258 e. The van der Waals surface area contributed by atoms with Gasteiger partial charge < -0.3 is 0 Å². The summed E-state index contributed by atoms with van der Waals surface area (Å²) in [7, 11) is 0. The molecule has 0 aromatic heterocycles. The highest BCUT2D eigenvalue weighted by Crippen LogP contribution is 2.25. The predicted molar refractivity (Wildman–Crippen MR) is 81.5 cm³/mol. The Morgan fingerprint density at radius 3 is 2.55 bits per heavy atom. The Balaban J connectivity index is 2.29. The van der Waals surface area contributed by atoms with Crippen molar-refractivity contribution in [1.29, 1.82) is 0 Å². The van der Waals surface area contributed by atoms with Gasteiger partial charge >= 0.3 is 0 Å². The van der Waals surface area contributed by atoms with E-state index in [4.69, 9.17) is 23.2 Å². The van der Waals surface area contributed by atoms with Crippen LogP contribution in [-0.4, -0.2) is 11.1 Å². The number of hydrogen-bond acceptors (Lipinski definition) is 3. The normalized spacial score (nSPS) is 10.9. The van der Waals surface area contributed by atoms with Crippen molar-refractivity contribution in [1.82, 2.24) is 0 Å². The van der Waals surface area contributed by atoms with Crippen LogP contribution in [0.25, 0.3) is 0 Å². The second-order valence-electron chi connectivity index (χ2n) is 4.16. The first-order valence-corrected chi connectivity index (χ1v) is 6.47. The summed E-state index contributed by atoms with van der Waals surface area (Å²) in [5.41, 5.74) is 2.10. The molecule has 2 aromatic rings. The molecule has 0 bridgehead atoms. The number of rotatable bonds is 3. The molecule has 0 spiro atoms. The van der Waals surface area contributed by atoms with Crippen molar-refractivity contribution in [3.8, 4) is 0 Å². The van der Waals surface area contributed by atoms with E-state index in [1.54, 1.807) is 12.1 Å². The second-order valence-corrected chi connectivity index (χ2v) is 4.97. The molecule has 0 saturated carbocycles. The molecule has 0 atom stereocenters. The Hall–Kier alpha value is -1.91. The molecule has 0 fully saturated rings. The van der Waals surface area contributed by atoms with Crippen molar-refractivity contribution >= 4 is 40.8 Å². The molecule has 102 valence electrons. The summed E-state index contributed by atoms with van der Waals surface area (Å²) in [6.45, 7) is 1.90. The van der Waals surface area contributed by atoms with Gasteiger partial charge in [-0.25, -0.2) is 0 Å². The fraction of sp³-hybridized carbons (Fsp3) is 0.0714. The quantitative estimate of drug-likeness (QED) is 0.457. The number of nitro benzene ring substituents is 1. The third kappa shape index (κ3) is 3.35. The third-order valence-corrected chi connectivity index (χ3v) is 3.41. The zero-order valence-electron chi connectivity index (χ0n) is 10.5. The zero-order valence-corrected chi connectivity index (χ0v) is 12.0. The van der Waals surface area contributed by atoms with Gasteiger partial charge in [-0.05, 0) is 36.2 Å². The van der Waals surface area contributed by atoms with Crippen LogP contribution in [0.3, 0.4) is 0 Å². The van der Waals surface area contributed by atoms with Crippen molar-refractivity contribution in [2.75, 3.05) is 0 Å². The largest absolute Gasteiger partial charge is 0.288 e. The summed E-state index contributed by atoms with van der Waals surface area (Å²) in [5.74, 6) is 0. The summed E-state index contributed by atoms with van der Waals surface area (Å²) in [6.07, 6.45) is 1.53. The van der Waals surface area contributed by atoms with E-state index < -0.39 is 4.92 Å². The Morgan fingerprint density at radius 1 is 1.15 bits per heavy atom. The van der Waals surface area contributed by atoms with Gasteiger partial charge in [0.05, 0.1) is 10.6 Å². The van der Waals surface area contributed by atoms with Crippen LogP contribution in [0.1, 0.15) is 11.1 Å². The first-order chi connectivity index (χ1) is 9.47. The van der Waals surface area contributed by atoms with Crippen molar-refractivity contribution in [3.05, 3.63) is 67.7 Å². The van der Waals surface area contributed by atoms with E-state index in [9.17, 15) is 10.1 Å². The molecule has 0 aliphatic rings. The van der Waals surface area contributed by atoms with E-state index >= 15 is 0 Å². The van der Waals surface area contributed by atoms with E-state index in [0.717, 1.165) is 5.56 Å². The maximum absolute atomic E-state index is 10.8. The first kappa shape index (κ1) is 14.5. The molecular weight excluding hydrogens is 299 g/mol. The topological polar surface area (TPSA) is 55.5 Å². The summed E-state index contributed by atoms with van der Waals surface area (Å²) >= 11 is 11.7. The lowest BCUT2D eigenvalue weighted by Gasteiger charge is -1.99. The molecular formula is C14H10Cl2N2O2. The van der Waals surface area contributed by atoms with Gasteiger partial charge in [-0.3, -0.25) is 15.1 Å². The average Bonchev–Trinajstić information content (AvgIpc) is 2.41. The maximum Gasteiger partial charge on any atom is 0.288 e. The molecule has 0 N–H and O–H groups in total. The molecule has 2 rings (SSSR count). The number of nitro groups is 1. The van der Waals surface area contributed by atoms with Crippen molar-refractivity contribution < 1.29 is 4.92 Å². The van der Waals surface area contributed by atoms with Crippen molar-refractivity contribution in [2.24, 2.45) is 4.99 Å². The second kappa shape index (κ2) is 6.03. The van der Waals surface area contributed by atoms with Gasteiger partial charge in [-0.1, -0.05) is 35.3 Å². The minimum absolute atomic E-state index is 0.102. The summed E-state index contributed by atoms with van der Waals surface area (Å²) in [5, 5.41) is 11.5. The van der Waals surface area contributed by atoms with Gasteiger partial charge in [0.2, 0.25) is 0 Å². The average molecular weight is 309 g/mol. The first-order valence-electron chi connectivity index (χ1n) is 5.71. The van der Waals surface area contributed by atoms with Crippen LogP contribution < -0.4 is 0 Å². The number of hydrogen-bond donors (Lipinski definition) is 0. The molecule has 20 heavy (non-hydrogen) atoms. The van der Waals surface area contributed by atoms with Crippen molar-refractivity contribution in [2.45, 2.75) is 6.92 Å². The van der Waals surface area contributed by atoms with Crippen LogP contribution in [0.15, 0.2) is 41.4 Å². The van der Waals surface area contributed by atoms with E-state index in [1.807, 2.05) is 19.1 Å². The molecule has 2 aromatic carbocycles. The summed E-state index contributed by atoms with van der Waals surface area (Å²) in [4.78, 5) is 14.5. The molecule has 0 amide bonds. The van der Waals surface area contributed by atoms with Crippen LogP contribution in [-0.2, 0) is 0 Å². The zero-order chi connectivity index (χ0) is 14.7. The number of halogens is 2. The van der Waals surface area contributed by atoms with E-state index in [1.165, 1.54) is 18.3 Å². The summed E-state index contributed by atoms with van der Waals surface area (Å²) in [6, 6.07) is 9.93. The van der Waals surface area contributed by atoms with Gasteiger partial charge in [-0.2, -0.15) is 0 Å². The SMILES string of the molecule is Cc1ccc(N=Cc2ccc(Cl)c([N+](=O)[O-])c2)cc1Cl. The Bertz CT molecular complexity index is 700. The van der Waals surface area contributed by atoms with Crippen LogP contribution in [0, 0.1) is 17.0 Å². The molecule has 0 radical (unpaired) electrons. The monoisotopic (exact) mass is 308 g/mol. The van der Waals surface area contributed by atoms with Crippen LogP contribution in [0.5, 0.6) is 0 Å². The van der Waals surface area contributed by atoms with Gasteiger partial charge in [-0.15, -0.1) is 0 Å². The van der Waals surface area contributed by atoms with Crippen LogP contribution >= 0.6 is 23.2 Å². The lowest BCUT2D eigenvalue weighted by molar-refractivity contribution is -0.384. The minimum Gasteiger partial charge on any atom is -0.258 e. The number of aryl methyl sites for hydroxylation is 1. The van der Waals surface area contributed by atoms with E-state index in [2.05, 4.69) is 4.99 Å². The third-order valence-electron chi connectivity index (χ3n) is 2.68. The van der Waals surface area contributed by atoms with Crippen molar-refractivity contribution in [3.63, 3.8) is 0 Å². The van der Waals surface area contributed by atoms with Crippen LogP contribution in [0.4, 0.5) is 11.4 Å². The van der Waals surface area contributed by atoms with E-state index in [0.29, 0.717) is 16.3 Å². The van der Waals surface area contributed by atoms with E-state index in [-0.39, 0.29) is 10.7 Å². The van der Waals surface area contributed by atoms with Gasteiger partial charge in [0.1, 0.15) is 5.02 Å². The molecule has 0 aliphatic carbocycles. The standard InChI is InChI=1S/C14H10Cl2N2O2/c1-9-2-4-11(7-13(9)16)17-8-10-3-5-12(15)14(6-10)18(19)20/h2-8H,1H3. The molecule has 6 heteroatoms. The number of benzene rings is 2. The molecule has 0 heterocycles. The van der Waals surface area contributed by atoms with Crippen LogP contribution in [0.2, 0.25) is 10.0 Å². The Morgan fingerprint density at radius 2 is 1.90 bits per heavy atom. The summed E-state index contributed by atoms with van der Waals surface area (Å²) < 4.78 is 0. The molecule has 0 saturated heterocycles. The highest BCUT2D eigenvalue weighted by molar-refractivity contribution is 6.32. The van der Waals surface area contributed by atoms with Gasteiger partial charge in [0, 0.05) is 17.3 Å². The Labute approximate surface area is 125 Å². The number of aliphatic imine (C=N–C) groups is 1. The highest BCUT2D eigenvalue weighted by Gasteiger charge is 2.11. The lowest BCUT2D eigenvalue weighted by atomic mass is 10.2. The minimum atomic E-state index is -0.525. The fourth-order valence-corrected chi connectivity index (χ4v) is 1.92. The molecule has 4 nitrogen and oxygen atoms in total. The molecule has 0 unspecified atom stereocenters. The maximum atomic E-state index is 10.8. The van der Waals surface area contributed by atoms with Gasteiger partial charge in [0.25, 0.3) is 5.69 Å². The highest BCUT2D eigenvalue weighted by atomic mass is 35.5. The number of nitrogens with zero attached hydrogens (tertiary/aromatic N) is 2. The van der Waals surface area contributed by atoms with Gasteiger partial charge in [0.15, 0.2) is 0 Å². The fourth-order valence-electron chi connectivity index (χ4n) is 1.56. The lowest BCUT2D eigenvalue weighted by Crippen LogP contribution is -1.91. The molecule has 0 aliphatic heterocycles.